The van der Waals surface area contributed by atoms with E-state index >= 15 is 0 Å². The van der Waals surface area contributed by atoms with Gasteiger partial charge in [0.2, 0.25) is 0 Å². The average molecular weight is 382 g/mol. The predicted octanol–water partition coefficient (Wildman–Crippen LogP) is 0.964. The molecule has 28 heavy (non-hydrogen) atoms. The lowest BCUT2D eigenvalue weighted by atomic mass is 10.1. The lowest BCUT2D eigenvalue weighted by molar-refractivity contribution is 0.102. The highest BCUT2D eigenvalue weighted by Crippen LogP contribution is 2.32. The first kappa shape index (κ1) is 17.8. The molecule has 0 saturated heterocycles. The van der Waals surface area contributed by atoms with Gasteiger partial charge >= 0.3 is 5.69 Å². The van der Waals surface area contributed by atoms with Crippen LogP contribution in [0.25, 0.3) is 11.0 Å². The third-order valence-electron chi connectivity index (χ3n) is 4.58. The van der Waals surface area contributed by atoms with Gasteiger partial charge < -0.3 is 14.8 Å². The van der Waals surface area contributed by atoms with Gasteiger partial charge in [0.1, 0.15) is 18.9 Å². The number of carbonyl (C=O) groups is 1. The van der Waals surface area contributed by atoms with Crippen LogP contribution in [0.3, 0.4) is 0 Å². The van der Waals surface area contributed by atoms with Crippen molar-refractivity contribution in [2.24, 2.45) is 14.1 Å². The van der Waals surface area contributed by atoms with Crippen LogP contribution in [0.15, 0.2) is 33.9 Å². The first-order valence-electron chi connectivity index (χ1n) is 8.65. The van der Waals surface area contributed by atoms with Crippen molar-refractivity contribution >= 4 is 22.6 Å². The highest BCUT2D eigenvalue weighted by Gasteiger charge is 2.20. The minimum atomic E-state index is -0.571. The number of pyridine rings is 1. The van der Waals surface area contributed by atoms with Crippen molar-refractivity contribution in [3.8, 4) is 11.5 Å². The Labute approximate surface area is 159 Å². The zero-order chi connectivity index (χ0) is 20.0. The molecule has 144 valence electrons. The lowest BCUT2D eigenvalue weighted by Crippen LogP contribution is -2.38. The lowest BCUT2D eigenvalue weighted by Gasteiger charge is -2.19. The zero-order valence-corrected chi connectivity index (χ0v) is 15.6. The van der Waals surface area contributed by atoms with Gasteiger partial charge in [-0.05, 0) is 25.1 Å². The number of ether oxygens (including phenoxy) is 2. The molecule has 1 aliphatic rings. The molecule has 0 saturated carbocycles. The van der Waals surface area contributed by atoms with Crippen LogP contribution >= 0.6 is 0 Å². The fourth-order valence-corrected chi connectivity index (χ4v) is 3.18. The molecule has 3 aromatic rings. The first-order valence-corrected chi connectivity index (χ1v) is 8.65. The Hall–Kier alpha value is -3.62. The molecule has 1 N–H and O–H groups in total. The van der Waals surface area contributed by atoms with Crippen molar-refractivity contribution in [3.63, 3.8) is 0 Å². The van der Waals surface area contributed by atoms with Gasteiger partial charge in [-0.25, -0.2) is 9.78 Å². The summed E-state index contributed by atoms with van der Waals surface area (Å²) in [6.07, 6.45) is 0. The molecular weight excluding hydrogens is 364 g/mol. The van der Waals surface area contributed by atoms with E-state index < -0.39 is 17.2 Å². The van der Waals surface area contributed by atoms with E-state index in [-0.39, 0.29) is 16.6 Å². The molecule has 0 aliphatic carbocycles. The van der Waals surface area contributed by atoms with Crippen LogP contribution in [0, 0.1) is 6.92 Å². The van der Waals surface area contributed by atoms with Crippen LogP contribution in [0.1, 0.15) is 16.1 Å². The summed E-state index contributed by atoms with van der Waals surface area (Å²) in [5.41, 5.74) is 0.252. The third kappa shape index (κ3) is 2.81. The fourth-order valence-electron chi connectivity index (χ4n) is 3.18. The number of aromatic nitrogens is 3. The van der Waals surface area contributed by atoms with E-state index in [1.54, 1.807) is 25.1 Å². The van der Waals surface area contributed by atoms with E-state index in [0.717, 1.165) is 4.57 Å². The van der Waals surface area contributed by atoms with Crippen LogP contribution in [0.5, 0.6) is 11.5 Å². The standard InChI is InChI=1S/C19H18N4O5/c1-10-8-12(15-16(20-10)22(2)19(26)23(3)18(15)25)17(24)21-11-4-5-13-14(9-11)28-7-6-27-13/h4-5,8-9H,6-7H2,1-3H3,(H,21,24). The minimum Gasteiger partial charge on any atom is -0.486 e. The largest absolute Gasteiger partial charge is 0.486 e. The van der Waals surface area contributed by atoms with Crippen molar-refractivity contribution in [2.75, 3.05) is 18.5 Å². The normalized spacial score (nSPS) is 12.8. The molecular formula is C19H18N4O5. The molecule has 0 bridgehead atoms. The molecule has 4 rings (SSSR count). The Kier molecular flexibility index (Phi) is 4.14. The Morgan fingerprint density at radius 2 is 1.79 bits per heavy atom. The average Bonchev–Trinajstić information content (AvgIpc) is 2.69. The number of hydrogen-bond donors (Lipinski definition) is 1. The summed E-state index contributed by atoms with van der Waals surface area (Å²) in [7, 11) is 2.88. The number of nitrogens with one attached hydrogen (secondary N) is 1. The molecule has 0 unspecified atom stereocenters. The molecule has 1 aliphatic heterocycles. The van der Waals surface area contributed by atoms with E-state index in [2.05, 4.69) is 10.3 Å². The zero-order valence-electron chi connectivity index (χ0n) is 15.6. The highest BCUT2D eigenvalue weighted by molar-refractivity contribution is 6.11. The molecule has 2 aromatic heterocycles. The number of hydrogen-bond acceptors (Lipinski definition) is 6. The van der Waals surface area contributed by atoms with Gasteiger partial charge in [0.05, 0.1) is 10.9 Å². The molecule has 3 heterocycles. The SMILES string of the molecule is Cc1cc(C(=O)Nc2ccc3c(c2)OCCO3)c2c(=O)n(C)c(=O)n(C)c2n1. The molecule has 1 aromatic carbocycles. The van der Waals surface area contributed by atoms with Gasteiger partial charge in [0.15, 0.2) is 11.5 Å². The second kappa shape index (κ2) is 6.52. The van der Waals surface area contributed by atoms with Crippen molar-refractivity contribution in [1.29, 1.82) is 0 Å². The molecule has 0 radical (unpaired) electrons. The van der Waals surface area contributed by atoms with Gasteiger partial charge in [0.25, 0.3) is 11.5 Å². The number of nitrogens with zero attached hydrogens (tertiary/aromatic N) is 3. The highest BCUT2D eigenvalue weighted by atomic mass is 16.6. The second-order valence-corrected chi connectivity index (χ2v) is 6.53. The van der Waals surface area contributed by atoms with Crippen molar-refractivity contribution in [1.82, 2.24) is 14.1 Å². The Morgan fingerprint density at radius 1 is 1.07 bits per heavy atom. The van der Waals surface area contributed by atoms with E-state index in [1.165, 1.54) is 24.7 Å². The smallest absolute Gasteiger partial charge is 0.332 e. The number of carbonyl (C=O) groups excluding carboxylic acids is 1. The van der Waals surface area contributed by atoms with E-state index in [9.17, 15) is 14.4 Å². The first-order chi connectivity index (χ1) is 13.4. The van der Waals surface area contributed by atoms with E-state index in [0.29, 0.717) is 36.1 Å². The fraction of sp³-hybridized carbons (Fsp3) is 0.263. The summed E-state index contributed by atoms with van der Waals surface area (Å²) in [6.45, 7) is 2.61. The van der Waals surface area contributed by atoms with Crippen molar-refractivity contribution in [3.05, 3.63) is 56.4 Å². The Balaban J connectivity index is 1.82. The molecule has 0 atom stereocenters. The number of benzene rings is 1. The predicted molar refractivity (Wildman–Crippen MR) is 102 cm³/mol. The van der Waals surface area contributed by atoms with Crippen molar-refractivity contribution in [2.45, 2.75) is 6.92 Å². The maximum Gasteiger partial charge on any atom is 0.332 e. The van der Waals surface area contributed by atoms with Crippen LogP contribution in [0.2, 0.25) is 0 Å². The monoisotopic (exact) mass is 382 g/mol. The number of anilines is 1. The summed E-state index contributed by atoms with van der Waals surface area (Å²) >= 11 is 0. The maximum atomic E-state index is 13.0. The molecule has 9 nitrogen and oxygen atoms in total. The van der Waals surface area contributed by atoms with E-state index in [1.807, 2.05) is 0 Å². The Morgan fingerprint density at radius 3 is 2.54 bits per heavy atom. The number of amides is 1. The minimum absolute atomic E-state index is 0.0882. The van der Waals surface area contributed by atoms with Crippen molar-refractivity contribution < 1.29 is 14.3 Å². The maximum absolute atomic E-state index is 13.0. The van der Waals surface area contributed by atoms with E-state index in [4.69, 9.17) is 9.47 Å². The quantitative estimate of drug-likeness (QED) is 0.708. The molecule has 0 spiro atoms. The van der Waals surface area contributed by atoms with Crippen LogP contribution in [0.4, 0.5) is 5.69 Å². The third-order valence-corrected chi connectivity index (χ3v) is 4.58. The number of fused-ring (bicyclic) bond motifs is 2. The number of aryl methyl sites for hydroxylation is 2. The van der Waals surface area contributed by atoms with Gasteiger partial charge in [-0.3, -0.25) is 18.7 Å². The van der Waals surface area contributed by atoms with Crippen LogP contribution < -0.4 is 26.0 Å². The summed E-state index contributed by atoms with van der Waals surface area (Å²) in [5, 5.41) is 2.86. The summed E-state index contributed by atoms with van der Waals surface area (Å²) in [6, 6.07) is 6.59. The van der Waals surface area contributed by atoms with Crippen LogP contribution in [-0.4, -0.2) is 33.2 Å². The summed E-state index contributed by atoms with van der Waals surface area (Å²) < 4.78 is 13.2. The summed E-state index contributed by atoms with van der Waals surface area (Å²) in [5.74, 6) is 0.666. The second-order valence-electron chi connectivity index (χ2n) is 6.53. The van der Waals surface area contributed by atoms with Gasteiger partial charge in [-0.1, -0.05) is 0 Å². The Bertz CT molecular complexity index is 1240. The summed E-state index contributed by atoms with van der Waals surface area (Å²) in [4.78, 5) is 42.1. The topological polar surface area (TPSA) is 104 Å². The molecule has 1 amide bonds. The number of rotatable bonds is 2. The van der Waals surface area contributed by atoms with Gasteiger partial charge in [-0.2, -0.15) is 0 Å². The molecule has 9 heteroatoms. The molecule has 0 fully saturated rings. The van der Waals surface area contributed by atoms with Crippen LogP contribution in [-0.2, 0) is 14.1 Å². The van der Waals surface area contributed by atoms with Gasteiger partial charge in [0, 0.05) is 31.5 Å². The van der Waals surface area contributed by atoms with Gasteiger partial charge in [-0.15, -0.1) is 0 Å².